The summed E-state index contributed by atoms with van der Waals surface area (Å²) < 4.78 is 5.41. The number of rotatable bonds is 4. The number of para-hydroxylation sites is 1. The van der Waals surface area contributed by atoms with Gasteiger partial charge in [-0.2, -0.15) is 0 Å². The highest BCUT2D eigenvalue weighted by atomic mass is 35.5. The molecule has 0 radical (unpaired) electrons. The van der Waals surface area contributed by atoms with Crippen LogP contribution in [0.15, 0.2) is 18.2 Å². The number of carbonyl (C=O) groups excluding carboxylic acids is 2. The Labute approximate surface area is 164 Å². The summed E-state index contributed by atoms with van der Waals surface area (Å²) in [7, 11) is 0. The second kappa shape index (κ2) is 8.77. The zero-order valence-electron chi connectivity index (χ0n) is 15.5. The average molecular weight is 396 g/mol. The molecule has 2 aliphatic rings. The topological polar surface area (TPSA) is 91.1 Å². The number of nitrogens with zero attached hydrogens (tertiary/aromatic N) is 3. The number of hydrogen-bond donors (Lipinski definition) is 2. The lowest BCUT2D eigenvalue weighted by Crippen LogP contribution is -2.55. The molecule has 0 aromatic heterocycles. The molecule has 3 amide bonds. The lowest BCUT2D eigenvalue weighted by molar-refractivity contribution is -0.123. The van der Waals surface area contributed by atoms with Gasteiger partial charge < -0.3 is 25.6 Å². The predicted molar refractivity (Wildman–Crippen MR) is 105 cm³/mol. The van der Waals surface area contributed by atoms with Gasteiger partial charge in [-0.05, 0) is 19.1 Å². The second-order valence-corrected chi connectivity index (χ2v) is 7.17. The van der Waals surface area contributed by atoms with E-state index < -0.39 is 0 Å². The van der Waals surface area contributed by atoms with Crippen LogP contribution in [-0.4, -0.2) is 80.3 Å². The molecule has 0 bridgehead atoms. The summed E-state index contributed by atoms with van der Waals surface area (Å²) in [5.74, 6) is -0.345. The highest BCUT2D eigenvalue weighted by Gasteiger charge is 2.27. The van der Waals surface area contributed by atoms with Gasteiger partial charge in [-0.3, -0.25) is 9.69 Å². The van der Waals surface area contributed by atoms with Crippen molar-refractivity contribution in [3.05, 3.63) is 23.2 Å². The van der Waals surface area contributed by atoms with E-state index in [1.54, 1.807) is 11.8 Å². The molecular weight excluding hydrogens is 370 g/mol. The van der Waals surface area contributed by atoms with Crippen molar-refractivity contribution in [3.8, 4) is 0 Å². The Hall–Kier alpha value is -2.03. The number of piperazine rings is 1. The highest BCUT2D eigenvalue weighted by molar-refractivity contribution is 6.34. The molecule has 9 heteroatoms. The van der Waals surface area contributed by atoms with Gasteiger partial charge in [-0.1, -0.05) is 17.7 Å². The van der Waals surface area contributed by atoms with Crippen molar-refractivity contribution in [1.29, 1.82) is 0 Å². The van der Waals surface area contributed by atoms with Crippen LogP contribution >= 0.6 is 11.6 Å². The second-order valence-electron chi connectivity index (χ2n) is 6.77. The van der Waals surface area contributed by atoms with Crippen molar-refractivity contribution in [2.75, 3.05) is 62.7 Å². The van der Waals surface area contributed by atoms with Crippen molar-refractivity contribution < 1.29 is 14.3 Å². The number of nitrogens with one attached hydrogen (secondary N) is 1. The third-order valence-electron chi connectivity index (χ3n) is 5.12. The minimum atomic E-state index is -0.345. The van der Waals surface area contributed by atoms with Gasteiger partial charge in [0.2, 0.25) is 5.91 Å². The van der Waals surface area contributed by atoms with E-state index in [0.29, 0.717) is 50.1 Å². The Morgan fingerprint density at radius 3 is 2.44 bits per heavy atom. The van der Waals surface area contributed by atoms with Crippen LogP contribution in [0.2, 0.25) is 5.02 Å². The zero-order chi connectivity index (χ0) is 19.4. The first-order valence-corrected chi connectivity index (χ1v) is 9.55. The summed E-state index contributed by atoms with van der Waals surface area (Å²) in [4.78, 5) is 29.9. The number of anilines is 2. The summed E-state index contributed by atoms with van der Waals surface area (Å²) in [6.07, 6.45) is 0. The van der Waals surface area contributed by atoms with Gasteiger partial charge in [0.25, 0.3) is 0 Å². The third-order valence-corrected chi connectivity index (χ3v) is 5.42. The SMILES string of the molecule is CC(C(N)=O)N1CCN(C(=O)Nc2cccc(Cl)c2N2CCOCC2)CC1. The standard InChI is InChI=1S/C18H26ClN5O3/c1-13(17(20)25)22-5-7-24(8-6-22)18(26)21-15-4-2-3-14(19)16(15)23-9-11-27-12-10-23/h2-4,13H,5-12H2,1H3,(H2,20,25)(H,21,26). The first-order valence-electron chi connectivity index (χ1n) is 9.18. The summed E-state index contributed by atoms with van der Waals surface area (Å²) in [6.45, 7) is 6.84. The molecule has 8 nitrogen and oxygen atoms in total. The summed E-state index contributed by atoms with van der Waals surface area (Å²) in [6, 6.07) is 5.02. The summed E-state index contributed by atoms with van der Waals surface area (Å²) >= 11 is 6.42. The van der Waals surface area contributed by atoms with E-state index in [1.165, 1.54) is 0 Å². The van der Waals surface area contributed by atoms with Crippen LogP contribution in [0.25, 0.3) is 0 Å². The van der Waals surface area contributed by atoms with Gasteiger partial charge in [0.15, 0.2) is 0 Å². The lowest BCUT2D eigenvalue weighted by Gasteiger charge is -2.37. The minimum Gasteiger partial charge on any atom is -0.378 e. The normalized spacial score (nSPS) is 19.6. The van der Waals surface area contributed by atoms with Gasteiger partial charge in [-0.15, -0.1) is 0 Å². The molecule has 2 aliphatic heterocycles. The van der Waals surface area contributed by atoms with Crippen molar-refractivity contribution >= 4 is 34.9 Å². The maximum atomic E-state index is 12.7. The fraction of sp³-hybridized carbons (Fsp3) is 0.556. The monoisotopic (exact) mass is 395 g/mol. The Morgan fingerprint density at radius 1 is 1.15 bits per heavy atom. The van der Waals surface area contributed by atoms with Gasteiger partial charge in [0, 0.05) is 39.3 Å². The molecule has 1 aromatic rings. The molecule has 148 valence electrons. The first kappa shape index (κ1) is 19.7. The van der Waals surface area contributed by atoms with Gasteiger partial charge in [-0.25, -0.2) is 4.79 Å². The number of amides is 3. The fourth-order valence-electron chi connectivity index (χ4n) is 3.41. The molecule has 3 N–H and O–H groups in total. The quantitative estimate of drug-likeness (QED) is 0.799. The molecule has 27 heavy (non-hydrogen) atoms. The number of halogens is 1. The Bertz CT molecular complexity index is 688. The fourth-order valence-corrected chi connectivity index (χ4v) is 3.71. The van der Waals surface area contributed by atoms with E-state index in [1.807, 2.05) is 23.1 Å². The largest absolute Gasteiger partial charge is 0.378 e. The number of hydrogen-bond acceptors (Lipinski definition) is 5. The predicted octanol–water partition coefficient (Wildman–Crippen LogP) is 1.20. The van der Waals surface area contributed by atoms with Crippen LogP contribution in [-0.2, 0) is 9.53 Å². The van der Waals surface area contributed by atoms with E-state index in [-0.39, 0.29) is 18.0 Å². The third kappa shape index (κ3) is 4.63. The molecule has 2 saturated heterocycles. The first-order chi connectivity index (χ1) is 13.0. The minimum absolute atomic E-state index is 0.168. The Kier molecular flexibility index (Phi) is 6.41. The van der Waals surface area contributed by atoms with E-state index in [2.05, 4.69) is 10.2 Å². The molecule has 0 aliphatic carbocycles. The van der Waals surface area contributed by atoms with E-state index in [0.717, 1.165) is 18.8 Å². The smallest absolute Gasteiger partial charge is 0.321 e. The van der Waals surface area contributed by atoms with E-state index in [9.17, 15) is 9.59 Å². The number of benzene rings is 1. The number of nitrogens with two attached hydrogens (primary N) is 1. The zero-order valence-corrected chi connectivity index (χ0v) is 16.2. The molecule has 1 atom stereocenters. The number of urea groups is 1. The van der Waals surface area contributed by atoms with Crippen molar-refractivity contribution in [3.63, 3.8) is 0 Å². The maximum absolute atomic E-state index is 12.7. The lowest BCUT2D eigenvalue weighted by atomic mass is 10.2. The Balaban J connectivity index is 1.65. The van der Waals surface area contributed by atoms with Crippen LogP contribution in [0.4, 0.5) is 16.2 Å². The number of carbonyl (C=O) groups is 2. The van der Waals surface area contributed by atoms with Gasteiger partial charge in [0.1, 0.15) is 0 Å². The molecule has 0 spiro atoms. The van der Waals surface area contributed by atoms with Crippen LogP contribution in [0, 0.1) is 0 Å². The van der Waals surface area contributed by atoms with Gasteiger partial charge >= 0.3 is 6.03 Å². The number of primary amides is 1. The van der Waals surface area contributed by atoms with Crippen LogP contribution in [0.3, 0.4) is 0 Å². The van der Waals surface area contributed by atoms with Gasteiger partial charge in [0.05, 0.1) is 35.7 Å². The number of morpholine rings is 1. The van der Waals surface area contributed by atoms with Crippen LogP contribution in [0.1, 0.15) is 6.92 Å². The van der Waals surface area contributed by atoms with Crippen molar-refractivity contribution in [2.45, 2.75) is 13.0 Å². The summed E-state index contributed by atoms with van der Waals surface area (Å²) in [5, 5.41) is 3.60. The molecular formula is C18H26ClN5O3. The van der Waals surface area contributed by atoms with E-state index in [4.69, 9.17) is 22.1 Å². The highest BCUT2D eigenvalue weighted by Crippen LogP contribution is 2.34. The molecule has 0 saturated carbocycles. The van der Waals surface area contributed by atoms with E-state index >= 15 is 0 Å². The Morgan fingerprint density at radius 2 is 1.81 bits per heavy atom. The van der Waals surface area contributed by atoms with Crippen LogP contribution < -0.4 is 16.0 Å². The summed E-state index contributed by atoms with van der Waals surface area (Å²) in [5.41, 5.74) is 6.89. The van der Waals surface area contributed by atoms with Crippen molar-refractivity contribution in [2.24, 2.45) is 5.73 Å². The average Bonchev–Trinajstić information content (AvgIpc) is 2.68. The van der Waals surface area contributed by atoms with Crippen LogP contribution in [0.5, 0.6) is 0 Å². The molecule has 1 unspecified atom stereocenters. The molecule has 2 heterocycles. The molecule has 2 fully saturated rings. The van der Waals surface area contributed by atoms with Crippen molar-refractivity contribution in [1.82, 2.24) is 9.80 Å². The number of ether oxygens (including phenoxy) is 1. The molecule has 3 rings (SSSR count). The maximum Gasteiger partial charge on any atom is 0.321 e. The molecule has 1 aromatic carbocycles.